The topological polar surface area (TPSA) is 27.6 Å². The number of nitrogens with one attached hydrogen (secondary N) is 1. The molecule has 0 aromatic rings. The summed E-state index contributed by atoms with van der Waals surface area (Å²) in [6.07, 6.45) is 7.04. The van der Waals surface area contributed by atoms with E-state index in [2.05, 4.69) is 29.1 Å². The van der Waals surface area contributed by atoms with Crippen molar-refractivity contribution in [3.8, 4) is 0 Å². The highest BCUT2D eigenvalue weighted by atomic mass is 15.3. The SMILES string of the molecule is CN=C(NC1CC1(C)C)N1CC2CCCCC2C1. The van der Waals surface area contributed by atoms with Crippen molar-refractivity contribution in [3.05, 3.63) is 0 Å². The van der Waals surface area contributed by atoms with Crippen LogP contribution in [0.5, 0.6) is 0 Å². The summed E-state index contributed by atoms with van der Waals surface area (Å²) in [5, 5.41) is 3.66. The zero-order chi connectivity index (χ0) is 12.8. The van der Waals surface area contributed by atoms with E-state index in [1.165, 1.54) is 45.2 Å². The van der Waals surface area contributed by atoms with Crippen molar-refractivity contribution in [1.82, 2.24) is 10.2 Å². The van der Waals surface area contributed by atoms with E-state index < -0.39 is 0 Å². The van der Waals surface area contributed by atoms with E-state index in [0.717, 1.165) is 17.8 Å². The average molecular weight is 249 g/mol. The van der Waals surface area contributed by atoms with Crippen LogP contribution in [0.2, 0.25) is 0 Å². The van der Waals surface area contributed by atoms with E-state index in [-0.39, 0.29) is 0 Å². The molecule has 0 amide bonds. The minimum absolute atomic E-state index is 0.475. The molecule has 3 atom stereocenters. The van der Waals surface area contributed by atoms with Gasteiger partial charge < -0.3 is 10.2 Å². The lowest BCUT2D eigenvalue weighted by Crippen LogP contribution is -2.42. The lowest BCUT2D eigenvalue weighted by Gasteiger charge is -2.22. The van der Waals surface area contributed by atoms with E-state index in [1.807, 2.05) is 7.05 Å². The highest BCUT2D eigenvalue weighted by Gasteiger charge is 2.47. The Labute approximate surface area is 111 Å². The Hall–Kier alpha value is -0.730. The fourth-order valence-corrected chi connectivity index (χ4v) is 3.75. The zero-order valence-corrected chi connectivity index (χ0v) is 12.1. The second-order valence-corrected chi connectivity index (χ2v) is 7.15. The van der Waals surface area contributed by atoms with Gasteiger partial charge in [0.1, 0.15) is 0 Å². The lowest BCUT2D eigenvalue weighted by atomic mass is 9.82. The number of aliphatic imine (C=N–C) groups is 1. The second kappa shape index (κ2) is 4.43. The van der Waals surface area contributed by atoms with Gasteiger partial charge in [-0.15, -0.1) is 0 Å². The van der Waals surface area contributed by atoms with Crippen LogP contribution in [0, 0.1) is 17.3 Å². The standard InChI is InChI=1S/C15H27N3/c1-15(2)8-13(15)17-14(16-3)18-9-11-6-4-5-7-12(11)10-18/h11-13H,4-10H2,1-3H3,(H,16,17). The lowest BCUT2D eigenvalue weighted by molar-refractivity contribution is 0.299. The van der Waals surface area contributed by atoms with Gasteiger partial charge in [-0.05, 0) is 36.5 Å². The third-order valence-corrected chi connectivity index (χ3v) is 5.30. The largest absolute Gasteiger partial charge is 0.353 e. The minimum atomic E-state index is 0.475. The van der Waals surface area contributed by atoms with Gasteiger partial charge >= 0.3 is 0 Å². The molecule has 2 aliphatic carbocycles. The monoisotopic (exact) mass is 249 g/mol. The quantitative estimate of drug-likeness (QED) is 0.571. The van der Waals surface area contributed by atoms with Crippen molar-refractivity contribution in [2.75, 3.05) is 20.1 Å². The molecule has 0 spiro atoms. The van der Waals surface area contributed by atoms with Gasteiger partial charge in [-0.2, -0.15) is 0 Å². The molecule has 18 heavy (non-hydrogen) atoms. The summed E-state index contributed by atoms with van der Waals surface area (Å²) in [4.78, 5) is 7.01. The van der Waals surface area contributed by atoms with E-state index in [1.54, 1.807) is 0 Å². The number of fused-ring (bicyclic) bond motifs is 1. The van der Waals surface area contributed by atoms with Gasteiger partial charge in [-0.1, -0.05) is 26.7 Å². The Morgan fingerprint density at radius 3 is 2.17 bits per heavy atom. The predicted octanol–water partition coefficient (Wildman–Crippen LogP) is 2.48. The van der Waals surface area contributed by atoms with Gasteiger partial charge in [0.25, 0.3) is 0 Å². The predicted molar refractivity (Wildman–Crippen MR) is 75.7 cm³/mol. The minimum Gasteiger partial charge on any atom is -0.353 e. The normalized spacial score (nSPS) is 38.5. The van der Waals surface area contributed by atoms with Crippen molar-refractivity contribution in [2.45, 2.75) is 52.0 Å². The first-order chi connectivity index (χ1) is 8.60. The highest BCUT2D eigenvalue weighted by molar-refractivity contribution is 5.81. The molecule has 3 fully saturated rings. The summed E-state index contributed by atoms with van der Waals surface area (Å²) in [5.74, 6) is 3.02. The second-order valence-electron chi connectivity index (χ2n) is 7.15. The van der Waals surface area contributed by atoms with Gasteiger partial charge in [0, 0.05) is 26.2 Å². The average Bonchev–Trinajstić information content (AvgIpc) is 2.76. The smallest absolute Gasteiger partial charge is 0.193 e. The summed E-state index contributed by atoms with van der Waals surface area (Å²) in [5.41, 5.74) is 0.475. The molecule has 0 bridgehead atoms. The molecule has 1 aliphatic heterocycles. The van der Waals surface area contributed by atoms with Crippen LogP contribution in [-0.4, -0.2) is 37.0 Å². The Bertz CT molecular complexity index is 334. The van der Waals surface area contributed by atoms with E-state index in [0.29, 0.717) is 11.5 Å². The third-order valence-electron chi connectivity index (χ3n) is 5.30. The number of rotatable bonds is 1. The van der Waals surface area contributed by atoms with Crippen molar-refractivity contribution in [2.24, 2.45) is 22.2 Å². The maximum absolute atomic E-state index is 4.51. The van der Waals surface area contributed by atoms with Gasteiger partial charge in [-0.3, -0.25) is 4.99 Å². The molecule has 1 heterocycles. The molecule has 0 aromatic heterocycles. The molecule has 3 aliphatic rings. The van der Waals surface area contributed by atoms with Gasteiger partial charge in [0.15, 0.2) is 5.96 Å². The van der Waals surface area contributed by atoms with Gasteiger partial charge in [-0.25, -0.2) is 0 Å². The maximum Gasteiger partial charge on any atom is 0.193 e. The zero-order valence-electron chi connectivity index (χ0n) is 12.1. The summed E-state index contributed by atoms with van der Waals surface area (Å²) in [7, 11) is 1.93. The molecule has 3 rings (SSSR count). The number of likely N-dealkylation sites (tertiary alicyclic amines) is 1. The Morgan fingerprint density at radius 1 is 1.17 bits per heavy atom. The Morgan fingerprint density at radius 2 is 1.72 bits per heavy atom. The third kappa shape index (κ3) is 2.24. The molecule has 0 aromatic carbocycles. The fourth-order valence-electron chi connectivity index (χ4n) is 3.75. The van der Waals surface area contributed by atoms with Crippen LogP contribution in [0.15, 0.2) is 4.99 Å². The number of nitrogens with zero attached hydrogens (tertiary/aromatic N) is 2. The summed E-state index contributed by atoms with van der Waals surface area (Å²) in [6, 6.07) is 0.638. The van der Waals surface area contributed by atoms with Crippen LogP contribution in [-0.2, 0) is 0 Å². The van der Waals surface area contributed by atoms with E-state index in [9.17, 15) is 0 Å². The first-order valence-electron chi connectivity index (χ1n) is 7.58. The molecular formula is C15H27N3. The maximum atomic E-state index is 4.51. The molecule has 0 radical (unpaired) electrons. The summed E-state index contributed by atoms with van der Waals surface area (Å²) in [6.45, 7) is 7.14. The molecule has 3 unspecified atom stereocenters. The van der Waals surface area contributed by atoms with Crippen molar-refractivity contribution < 1.29 is 0 Å². The van der Waals surface area contributed by atoms with E-state index >= 15 is 0 Å². The van der Waals surface area contributed by atoms with Crippen LogP contribution in [0.1, 0.15) is 46.0 Å². The first-order valence-corrected chi connectivity index (χ1v) is 7.58. The van der Waals surface area contributed by atoms with E-state index in [4.69, 9.17) is 0 Å². The number of guanidine groups is 1. The van der Waals surface area contributed by atoms with Crippen molar-refractivity contribution >= 4 is 5.96 Å². The molecule has 1 N–H and O–H groups in total. The molecule has 3 nitrogen and oxygen atoms in total. The van der Waals surface area contributed by atoms with Crippen LogP contribution in [0.3, 0.4) is 0 Å². The van der Waals surface area contributed by atoms with Crippen LogP contribution < -0.4 is 5.32 Å². The summed E-state index contributed by atoms with van der Waals surface area (Å²) < 4.78 is 0. The molecular weight excluding hydrogens is 222 g/mol. The van der Waals surface area contributed by atoms with Crippen LogP contribution in [0.25, 0.3) is 0 Å². The van der Waals surface area contributed by atoms with Crippen molar-refractivity contribution in [1.29, 1.82) is 0 Å². The Balaban J connectivity index is 1.60. The van der Waals surface area contributed by atoms with Gasteiger partial charge in [0.05, 0.1) is 0 Å². The number of hydrogen-bond acceptors (Lipinski definition) is 1. The number of hydrogen-bond donors (Lipinski definition) is 1. The Kier molecular flexibility index (Phi) is 3.03. The van der Waals surface area contributed by atoms with Crippen LogP contribution in [0.4, 0.5) is 0 Å². The molecule has 2 saturated carbocycles. The molecule has 102 valence electrons. The van der Waals surface area contributed by atoms with Crippen molar-refractivity contribution in [3.63, 3.8) is 0 Å². The fraction of sp³-hybridized carbons (Fsp3) is 0.933. The first kappa shape index (κ1) is 12.3. The highest BCUT2D eigenvalue weighted by Crippen LogP contribution is 2.45. The summed E-state index contributed by atoms with van der Waals surface area (Å²) >= 11 is 0. The van der Waals surface area contributed by atoms with Gasteiger partial charge in [0.2, 0.25) is 0 Å². The van der Waals surface area contributed by atoms with Crippen LogP contribution >= 0.6 is 0 Å². The molecule has 1 saturated heterocycles. The molecule has 3 heteroatoms.